The van der Waals surface area contributed by atoms with E-state index in [0.29, 0.717) is 23.8 Å². The Hall–Kier alpha value is -2.97. The second kappa shape index (κ2) is 7.73. The van der Waals surface area contributed by atoms with Crippen molar-refractivity contribution >= 4 is 34.0 Å². The molecule has 27 heavy (non-hydrogen) atoms. The minimum atomic E-state index is -0.242. The van der Waals surface area contributed by atoms with Crippen LogP contribution in [0.15, 0.2) is 53.3 Å². The lowest BCUT2D eigenvalue weighted by atomic mass is 10.2. The Balaban J connectivity index is 1.35. The summed E-state index contributed by atoms with van der Waals surface area (Å²) < 4.78 is 4.93. The largest absolute Gasteiger partial charge is 0.472 e. The molecule has 0 fully saturated rings. The van der Waals surface area contributed by atoms with Crippen molar-refractivity contribution in [2.75, 3.05) is 23.7 Å². The Morgan fingerprint density at radius 1 is 1.19 bits per heavy atom. The van der Waals surface area contributed by atoms with E-state index >= 15 is 0 Å². The minimum Gasteiger partial charge on any atom is -0.472 e. The fraction of sp³-hybridized carbons (Fsp3) is 0.211. The number of aromatic nitrogens is 1. The van der Waals surface area contributed by atoms with E-state index < -0.39 is 0 Å². The van der Waals surface area contributed by atoms with Crippen LogP contribution in [-0.4, -0.2) is 34.8 Å². The van der Waals surface area contributed by atoms with Crippen LogP contribution < -0.4 is 10.6 Å². The molecule has 0 unspecified atom stereocenters. The number of carbonyl (C=O) groups excluding carboxylic acids is 2. The lowest BCUT2D eigenvalue weighted by molar-refractivity contribution is -0.117. The summed E-state index contributed by atoms with van der Waals surface area (Å²) in [6.07, 6.45) is 3.61. The second-order valence-corrected chi connectivity index (χ2v) is 7.31. The number of fused-ring (bicyclic) bond motifs is 1. The summed E-state index contributed by atoms with van der Waals surface area (Å²) in [5, 5.41) is 6.27. The van der Waals surface area contributed by atoms with Gasteiger partial charge in [-0.1, -0.05) is 18.2 Å². The molecule has 8 heteroatoms. The molecule has 3 aromatic rings. The van der Waals surface area contributed by atoms with Gasteiger partial charge in [0.25, 0.3) is 5.91 Å². The molecule has 0 saturated heterocycles. The van der Waals surface area contributed by atoms with Gasteiger partial charge in [0.1, 0.15) is 6.26 Å². The molecular formula is C19H18N4O3S. The van der Waals surface area contributed by atoms with Gasteiger partial charge in [-0.25, -0.2) is 4.98 Å². The highest BCUT2D eigenvalue weighted by molar-refractivity contribution is 7.15. The number of nitrogens with one attached hydrogen (secondary N) is 2. The van der Waals surface area contributed by atoms with Crippen molar-refractivity contribution in [2.24, 2.45) is 0 Å². The molecule has 1 aliphatic rings. The summed E-state index contributed by atoms with van der Waals surface area (Å²) in [7, 11) is 0. The Morgan fingerprint density at radius 2 is 2.04 bits per heavy atom. The van der Waals surface area contributed by atoms with Crippen LogP contribution in [-0.2, 0) is 17.8 Å². The molecule has 2 amide bonds. The molecule has 2 aromatic heterocycles. The highest BCUT2D eigenvalue weighted by atomic mass is 32.1. The maximum atomic E-state index is 12.2. The summed E-state index contributed by atoms with van der Waals surface area (Å²) in [5.74, 6) is -0.281. The van der Waals surface area contributed by atoms with Gasteiger partial charge in [-0.15, -0.1) is 11.3 Å². The van der Waals surface area contributed by atoms with E-state index in [-0.39, 0.29) is 11.8 Å². The Labute approximate surface area is 160 Å². The van der Waals surface area contributed by atoms with Crippen LogP contribution in [0.3, 0.4) is 0 Å². The van der Waals surface area contributed by atoms with E-state index in [9.17, 15) is 9.59 Å². The molecule has 2 N–H and O–H groups in total. The van der Waals surface area contributed by atoms with Crippen molar-refractivity contribution in [1.29, 1.82) is 0 Å². The highest BCUT2D eigenvalue weighted by Crippen LogP contribution is 2.28. The van der Waals surface area contributed by atoms with Gasteiger partial charge in [0.05, 0.1) is 24.1 Å². The summed E-state index contributed by atoms with van der Waals surface area (Å²) in [6.45, 7) is 1.73. The SMILES string of the molecule is O=C(CN1CCc2nc(NC(=O)c3ccoc3)sc2C1)Nc1ccccc1. The van der Waals surface area contributed by atoms with Gasteiger partial charge in [0.15, 0.2) is 5.13 Å². The van der Waals surface area contributed by atoms with Gasteiger partial charge in [-0.05, 0) is 18.2 Å². The maximum Gasteiger partial charge on any atom is 0.260 e. The molecule has 1 aliphatic heterocycles. The highest BCUT2D eigenvalue weighted by Gasteiger charge is 2.23. The van der Waals surface area contributed by atoms with Crippen LogP contribution in [0.1, 0.15) is 20.9 Å². The first-order valence-corrected chi connectivity index (χ1v) is 9.38. The third-order valence-electron chi connectivity index (χ3n) is 4.24. The van der Waals surface area contributed by atoms with E-state index in [1.807, 2.05) is 30.3 Å². The number of amides is 2. The van der Waals surface area contributed by atoms with Crippen molar-refractivity contribution in [3.8, 4) is 0 Å². The average Bonchev–Trinajstić information content (AvgIpc) is 3.31. The zero-order valence-electron chi connectivity index (χ0n) is 14.5. The number of thiazole rings is 1. The third-order valence-corrected chi connectivity index (χ3v) is 5.24. The maximum absolute atomic E-state index is 12.2. The monoisotopic (exact) mass is 382 g/mol. The number of rotatable bonds is 5. The zero-order valence-corrected chi connectivity index (χ0v) is 15.3. The van der Waals surface area contributed by atoms with E-state index in [1.165, 1.54) is 23.9 Å². The normalized spacial score (nSPS) is 13.8. The van der Waals surface area contributed by atoms with Gasteiger partial charge in [0.2, 0.25) is 5.91 Å². The summed E-state index contributed by atoms with van der Waals surface area (Å²) in [5.41, 5.74) is 2.24. The predicted molar refractivity (Wildman–Crippen MR) is 103 cm³/mol. The van der Waals surface area contributed by atoms with Crippen molar-refractivity contribution in [2.45, 2.75) is 13.0 Å². The second-order valence-electron chi connectivity index (χ2n) is 6.23. The van der Waals surface area contributed by atoms with E-state index in [1.54, 1.807) is 6.07 Å². The van der Waals surface area contributed by atoms with E-state index in [0.717, 1.165) is 29.2 Å². The van der Waals surface area contributed by atoms with Gasteiger partial charge >= 0.3 is 0 Å². The topological polar surface area (TPSA) is 87.5 Å². The number of carbonyl (C=O) groups is 2. The van der Waals surface area contributed by atoms with Crippen LogP contribution in [0.5, 0.6) is 0 Å². The summed E-state index contributed by atoms with van der Waals surface area (Å²) in [6, 6.07) is 11.0. The molecular weight excluding hydrogens is 364 g/mol. The number of nitrogens with zero attached hydrogens (tertiary/aromatic N) is 2. The molecule has 0 spiro atoms. The van der Waals surface area contributed by atoms with Gasteiger partial charge < -0.3 is 9.73 Å². The Morgan fingerprint density at radius 3 is 2.81 bits per heavy atom. The van der Waals surface area contributed by atoms with Gasteiger partial charge in [-0.2, -0.15) is 0 Å². The Kier molecular flexibility index (Phi) is 4.99. The summed E-state index contributed by atoms with van der Waals surface area (Å²) in [4.78, 5) is 32.0. The third kappa shape index (κ3) is 4.24. The lowest BCUT2D eigenvalue weighted by Crippen LogP contribution is -2.36. The van der Waals surface area contributed by atoms with Gasteiger partial charge in [-0.3, -0.25) is 19.8 Å². The number of furan rings is 1. The molecule has 0 atom stereocenters. The molecule has 3 heterocycles. The van der Waals surface area contributed by atoms with Crippen LogP contribution in [0.25, 0.3) is 0 Å². The number of benzene rings is 1. The number of para-hydroxylation sites is 1. The molecule has 138 valence electrons. The standard InChI is InChI=1S/C19H18N4O3S/c24-17(20-14-4-2-1-3-5-14)11-23-8-6-15-16(10-23)27-19(21-15)22-18(25)13-7-9-26-12-13/h1-5,7,9,12H,6,8,10-11H2,(H,20,24)(H,21,22,25). The molecule has 0 radical (unpaired) electrons. The Bertz CT molecular complexity index is 937. The first-order chi connectivity index (χ1) is 13.2. The minimum absolute atomic E-state index is 0.0392. The van der Waals surface area contributed by atoms with Gasteiger partial charge in [0, 0.05) is 30.1 Å². The zero-order chi connectivity index (χ0) is 18.6. The molecule has 7 nitrogen and oxygen atoms in total. The molecule has 1 aromatic carbocycles. The van der Waals surface area contributed by atoms with Crippen molar-refractivity contribution < 1.29 is 14.0 Å². The van der Waals surface area contributed by atoms with E-state index in [4.69, 9.17) is 4.42 Å². The quantitative estimate of drug-likeness (QED) is 0.708. The number of anilines is 2. The molecule has 0 bridgehead atoms. The molecule has 0 aliphatic carbocycles. The number of hydrogen-bond acceptors (Lipinski definition) is 6. The van der Waals surface area contributed by atoms with Crippen molar-refractivity contribution in [1.82, 2.24) is 9.88 Å². The van der Waals surface area contributed by atoms with Crippen molar-refractivity contribution in [3.05, 3.63) is 65.1 Å². The van der Waals surface area contributed by atoms with E-state index in [2.05, 4.69) is 20.5 Å². The average molecular weight is 382 g/mol. The van der Waals surface area contributed by atoms with Crippen molar-refractivity contribution in [3.63, 3.8) is 0 Å². The first kappa shape index (κ1) is 17.4. The molecule has 4 rings (SSSR count). The fourth-order valence-electron chi connectivity index (χ4n) is 2.92. The van der Waals surface area contributed by atoms with Crippen LogP contribution in [0.2, 0.25) is 0 Å². The number of hydrogen-bond donors (Lipinski definition) is 2. The van der Waals surface area contributed by atoms with Crippen LogP contribution in [0.4, 0.5) is 10.8 Å². The summed E-state index contributed by atoms with van der Waals surface area (Å²) >= 11 is 1.45. The fourth-order valence-corrected chi connectivity index (χ4v) is 3.97. The predicted octanol–water partition coefficient (Wildman–Crippen LogP) is 2.99. The molecule has 0 saturated carbocycles. The lowest BCUT2D eigenvalue weighted by Gasteiger charge is -2.25. The first-order valence-electron chi connectivity index (χ1n) is 8.57. The van der Waals surface area contributed by atoms with Crippen LogP contribution in [0, 0.1) is 0 Å². The van der Waals surface area contributed by atoms with Crippen LogP contribution >= 0.6 is 11.3 Å². The smallest absolute Gasteiger partial charge is 0.260 e.